The van der Waals surface area contributed by atoms with Gasteiger partial charge in [0.15, 0.2) is 6.61 Å². The van der Waals surface area contributed by atoms with Gasteiger partial charge in [-0.3, -0.25) is 10.2 Å². The van der Waals surface area contributed by atoms with Gasteiger partial charge in [0.2, 0.25) is 0 Å². The predicted octanol–water partition coefficient (Wildman–Crippen LogP) is 1.71. The van der Waals surface area contributed by atoms with Crippen LogP contribution in [-0.2, 0) is 4.79 Å². The van der Waals surface area contributed by atoms with Gasteiger partial charge in [-0.1, -0.05) is 18.2 Å². The molecule has 0 aliphatic heterocycles. The van der Waals surface area contributed by atoms with E-state index in [0.717, 1.165) is 16.9 Å². The standard InChI is InChI=1S/C13H20N2O2/c1-9(2)14-15-12(16)8-17-13-10(3)6-5-7-11(13)4/h5-7,9,14H,8H2,1-4H3,(H,15,16). The van der Waals surface area contributed by atoms with Gasteiger partial charge in [0, 0.05) is 6.04 Å². The van der Waals surface area contributed by atoms with Gasteiger partial charge in [-0.05, 0) is 38.8 Å². The Morgan fingerprint density at radius 3 is 2.41 bits per heavy atom. The molecule has 0 radical (unpaired) electrons. The normalized spacial score (nSPS) is 10.4. The van der Waals surface area contributed by atoms with E-state index in [1.54, 1.807) is 0 Å². The van der Waals surface area contributed by atoms with Crippen molar-refractivity contribution in [2.24, 2.45) is 0 Å². The lowest BCUT2D eigenvalue weighted by molar-refractivity contribution is -0.124. The Kier molecular flexibility index (Phi) is 4.97. The predicted molar refractivity (Wildman–Crippen MR) is 67.8 cm³/mol. The van der Waals surface area contributed by atoms with Crippen LogP contribution in [0.3, 0.4) is 0 Å². The SMILES string of the molecule is Cc1cccc(C)c1OCC(=O)NNC(C)C. The van der Waals surface area contributed by atoms with Gasteiger partial charge in [-0.25, -0.2) is 5.43 Å². The van der Waals surface area contributed by atoms with Crippen LogP contribution in [0.1, 0.15) is 25.0 Å². The minimum atomic E-state index is -0.179. The lowest BCUT2D eigenvalue weighted by Gasteiger charge is -2.13. The van der Waals surface area contributed by atoms with Gasteiger partial charge in [-0.15, -0.1) is 0 Å². The summed E-state index contributed by atoms with van der Waals surface area (Å²) in [5, 5.41) is 0. The average molecular weight is 236 g/mol. The highest BCUT2D eigenvalue weighted by molar-refractivity contribution is 5.77. The highest BCUT2D eigenvalue weighted by atomic mass is 16.5. The minimum absolute atomic E-state index is 0.0193. The van der Waals surface area contributed by atoms with E-state index in [0.29, 0.717) is 0 Å². The van der Waals surface area contributed by atoms with Crippen LogP contribution in [0.2, 0.25) is 0 Å². The molecule has 1 rings (SSSR count). The first-order chi connectivity index (χ1) is 8.00. The van der Waals surface area contributed by atoms with Crippen molar-refractivity contribution in [2.75, 3.05) is 6.61 Å². The van der Waals surface area contributed by atoms with Gasteiger partial charge in [-0.2, -0.15) is 0 Å². The van der Waals surface area contributed by atoms with Crippen LogP contribution in [0.15, 0.2) is 18.2 Å². The van der Waals surface area contributed by atoms with Gasteiger partial charge >= 0.3 is 0 Å². The highest BCUT2D eigenvalue weighted by Crippen LogP contribution is 2.21. The molecule has 0 heterocycles. The second-order valence-corrected chi connectivity index (χ2v) is 4.36. The quantitative estimate of drug-likeness (QED) is 0.765. The van der Waals surface area contributed by atoms with Crippen molar-refractivity contribution in [1.29, 1.82) is 0 Å². The number of hydrazine groups is 1. The van der Waals surface area contributed by atoms with Crippen molar-refractivity contribution in [3.05, 3.63) is 29.3 Å². The van der Waals surface area contributed by atoms with E-state index in [2.05, 4.69) is 10.9 Å². The van der Waals surface area contributed by atoms with E-state index in [1.165, 1.54) is 0 Å². The Labute approximate surface area is 102 Å². The van der Waals surface area contributed by atoms with E-state index in [1.807, 2.05) is 45.9 Å². The first kappa shape index (κ1) is 13.5. The summed E-state index contributed by atoms with van der Waals surface area (Å²) in [5.41, 5.74) is 7.48. The van der Waals surface area contributed by atoms with E-state index in [-0.39, 0.29) is 18.6 Å². The van der Waals surface area contributed by atoms with Crippen molar-refractivity contribution in [3.63, 3.8) is 0 Å². The third-order valence-electron chi connectivity index (χ3n) is 2.26. The zero-order valence-corrected chi connectivity index (χ0v) is 10.8. The number of carbonyl (C=O) groups is 1. The van der Waals surface area contributed by atoms with Crippen molar-refractivity contribution >= 4 is 5.91 Å². The number of rotatable bonds is 5. The van der Waals surface area contributed by atoms with E-state index < -0.39 is 0 Å². The second kappa shape index (κ2) is 6.25. The molecule has 94 valence electrons. The van der Waals surface area contributed by atoms with Crippen LogP contribution in [0.4, 0.5) is 0 Å². The fourth-order valence-corrected chi connectivity index (χ4v) is 1.43. The molecule has 4 heteroatoms. The van der Waals surface area contributed by atoms with Crippen LogP contribution in [0.25, 0.3) is 0 Å². The lowest BCUT2D eigenvalue weighted by atomic mass is 10.1. The minimum Gasteiger partial charge on any atom is -0.483 e. The number of carbonyl (C=O) groups excluding carboxylic acids is 1. The van der Waals surface area contributed by atoms with Crippen molar-refractivity contribution in [1.82, 2.24) is 10.9 Å². The van der Waals surface area contributed by atoms with E-state index in [9.17, 15) is 4.79 Å². The maximum atomic E-state index is 11.4. The van der Waals surface area contributed by atoms with Crippen molar-refractivity contribution < 1.29 is 9.53 Å². The smallest absolute Gasteiger partial charge is 0.271 e. The monoisotopic (exact) mass is 236 g/mol. The number of hydrogen-bond donors (Lipinski definition) is 2. The molecule has 0 bridgehead atoms. The maximum Gasteiger partial charge on any atom is 0.271 e. The van der Waals surface area contributed by atoms with E-state index in [4.69, 9.17) is 4.74 Å². The number of para-hydroxylation sites is 1. The number of nitrogens with one attached hydrogen (secondary N) is 2. The van der Waals surface area contributed by atoms with Gasteiger partial charge in [0.1, 0.15) is 5.75 Å². The molecule has 1 amide bonds. The van der Waals surface area contributed by atoms with Crippen LogP contribution >= 0.6 is 0 Å². The van der Waals surface area contributed by atoms with Gasteiger partial charge in [0.05, 0.1) is 0 Å². The summed E-state index contributed by atoms with van der Waals surface area (Å²) in [6.07, 6.45) is 0. The summed E-state index contributed by atoms with van der Waals surface area (Å²) >= 11 is 0. The number of hydrogen-bond acceptors (Lipinski definition) is 3. The Hall–Kier alpha value is -1.55. The largest absolute Gasteiger partial charge is 0.483 e. The molecular weight excluding hydrogens is 216 g/mol. The first-order valence-corrected chi connectivity index (χ1v) is 5.74. The number of ether oxygens (including phenoxy) is 1. The fraction of sp³-hybridized carbons (Fsp3) is 0.462. The molecule has 0 aliphatic carbocycles. The Bertz CT molecular complexity index is 369. The van der Waals surface area contributed by atoms with Crippen LogP contribution in [0.5, 0.6) is 5.75 Å². The molecular formula is C13H20N2O2. The summed E-state index contributed by atoms with van der Waals surface area (Å²) in [7, 11) is 0. The number of aryl methyl sites for hydroxylation is 2. The Morgan fingerprint density at radius 2 is 1.88 bits per heavy atom. The van der Waals surface area contributed by atoms with E-state index >= 15 is 0 Å². The molecule has 4 nitrogen and oxygen atoms in total. The molecule has 0 unspecified atom stereocenters. The van der Waals surface area contributed by atoms with Crippen LogP contribution < -0.4 is 15.6 Å². The number of benzene rings is 1. The third-order valence-corrected chi connectivity index (χ3v) is 2.26. The topological polar surface area (TPSA) is 50.4 Å². The summed E-state index contributed by atoms with van der Waals surface area (Å²) in [6.45, 7) is 7.85. The van der Waals surface area contributed by atoms with Gasteiger partial charge < -0.3 is 4.74 Å². The Morgan fingerprint density at radius 1 is 1.29 bits per heavy atom. The molecule has 0 saturated carbocycles. The molecule has 2 N–H and O–H groups in total. The zero-order chi connectivity index (χ0) is 12.8. The summed E-state index contributed by atoms with van der Waals surface area (Å²) in [5.74, 6) is 0.605. The third kappa shape index (κ3) is 4.44. The molecule has 0 aromatic heterocycles. The van der Waals surface area contributed by atoms with Crippen molar-refractivity contribution in [3.8, 4) is 5.75 Å². The molecule has 0 saturated heterocycles. The molecule has 0 fully saturated rings. The van der Waals surface area contributed by atoms with Gasteiger partial charge in [0.25, 0.3) is 5.91 Å². The highest BCUT2D eigenvalue weighted by Gasteiger charge is 2.06. The maximum absolute atomic E-state index is 11.4. The second-order valence-electron chi connectivity index (χ2n) is 4.36. The van der Waals surface area contributed by atoms with Crippen LogP contribution in [-0.4, -0.2) is 18.6 Å². The molecule has 0 spiro atoms. The summed E-state index contributed by atoms with van der Waals surface area (Å²) in [6, 6.07) is 6.11. The summed E-state index contributed by atoms with van der Waals surface area (Å²) < 4.78 is 5.51. The van der Waals surface area contributed by atoms with Crippen LogP contribution in [0, 0.1) is 13.8 Å². The lowest BCUT2D eigenvalue weighted by Crippen LogP contribution is -2.43. The molecule has 1 aromatic carbocycles. The summed E-state index contributed by atoms with van der Waals surface area (Å²) in [4.78, 5) is 11.4. The molecule has 1 aromatic rings. The number of amides is 1. The van der Waals surface area contributed by atoms with Crippen molar-refractivity contribution in [2.45, 2.75) is 33.7 Å². The first-order valence-electron chi connectivity index (χ1n) is 5.74. The molecule has 0 atom stereocenters. The fourth-order valence-electron chi connectivity index (χ4n) is 1.43. The molecule has 0 aliphatic rings. The molecule has 17 heavy (non-hydrogen) atoms. The average Bonchev–Trinajstić information content (AvgIpc) is 2.25. The zero-order valence-electron chi connectivity index (χ0n) is 10.8. The Balaban J connectivity index is 2.47.